The van der Waals surface area contributed by atoms with Gasteiger partial charge in [0.15, 0.2) is 0 Å². The third kappa shape index (κ3) is 4.80. The van der Waals surface area contributed by atoms with Crippen LogP contribution in [0.4, 0.5) is 4.79 Å². The molecule has 118 valence electrons. The Hall–Kier alpha value is -1.95. The van der Waals surface area contributed by atoms with Crippen molar-refractivity contribution in [1.82, 2.24) is 20.2 Å². The number of likely N-dealkylation sites (N-methyl/N-ethyl adjacent to an activating group) is 1. The van der Waals surface area contributed by atoms with Crippen molar-refractivity contribution >= 4 is 17.4 Å². The summed E-state index contributed by atoms with van der Waals surface area (Å²) < 4.78 is 0. The van der Waals surface area contributed by atoms with Gasteiger partial charge in [-0.1, -0.05) is 13.0 Å². The van der Waals surface area contributed by atoms with Gasteiger partial charge in [0.25, 0.3) is 0 Å². The van der Waals surface area contributed by atoms with Crippen LogP contribution in [-0.2, 0) is 6.42 Å². The minimum atomic E-state index is -0.0523. The standard InChI is InChI=1S/C16H22N4OS/c1-12(15-17-8-9-22-15)11-20(3)16(21)18-7-6-14-5-4-13(2)19-10-14/h4-5,8-10,12H,6-7,11H2,1-3H3,(H,18,21)/t12-/m0/s1. The van der Waals surface area contributed by atoms with E-state index in [9.17, 15) is 4.79 Å². The van der Waals surface area contributed by atoms with Crippen LogP contribution in [0.25, 0.3) is 0 Å². The van der Waals surface area contributed by atoms with Gasteiger partial charge in [0.1, 0.15) is 0 Å². The van der Waals surface area contributed by atoms with Crippen LogP contribution in [0.15, 0.2) is 29.9 Å². The molecule has 2 rings (SSSR count). The lowest BCUT2D eigenvalue weighted by Gasteiger charge is -2.21. The van der Waals surface area contributed by atoms with Crippen LogP contribution in [0, 0.1) is 6.92 Å². The van der Waals surface area contributed by atoms with Gasteiger partial charge in [-0.15, -0.1) is 11.3 Å². The molecule has 0 bridgehead atoms. The Morgan fingerprint density at radius 3 is 2.86 bits per heavy atom. The maximum atomic E-state index is 12.1. The molecule has 0 saturated heterocycles. The molecule has 0 aliphatic heterocycles. The number of aryl methyl sites for hydroxylation is 1. The Balaban J connectivity index is 1.73. The molecule has 0 aromatic carbocycles. The highest BCUT2D eigenvalue weighted by molar-refractivity contribution is 7.09. The highest BCUT2D eigenvalue weighted by Crippen LogP contribution is 2.18. The van der Waals surface area contributed by atoms with Crippen LogP contribution in [0.2, 0.25) is 0 Å². The first kappa shape index (κ1) is 16.4. The third-order valence-electron chi connectivity index (χ3n) is 3.43. The number of hydrogen-bond donors (Lipinski definition) is 1. The maximum Gasteiger partial charge on any atom is 0.317 e. The summed E-state index contributed by atoms with van der Waals surface area (Å²) in [6.45, 7) is 5.32. The first-order valence-electron chi connectivity index (χ1n) is 7.36. The van der Waals surface area contributed by atoms with Crippen LogP contribution in [0.1, 0.15) is 29.1 Å². The second-order valence-electron chi connectivity index (χ2n) is 5.44. The van der Waals surface area contributed by atoms with E-state index in [1.807, 2.05) is 37.7 Å². The van der Waals surface area contributed by atoms with Crippen LogP contribution in [0.3, 0.4) is 0 Å². The third-order valence-corrected chi connectivity index (χ3v) is 4.44. The molecule has 5 nitrogen and oxygen atoms in total. The topological polar surface area (TPSA) is 58.1 Å². The average molecular weight is 318 g/mol. The van der Waals surface area contributed by atoms with Gasteiger partial charge in [-0.25, -0.2) is 9.78 Å². The summed E-state index contributed by atoms with van der Waals surface area (Å²) in [7, 11) is 1.81. The first-order valence-corrected chi connectivity index (χ1v) is 8.24. The zero-order valence-corrected chi connectivity index (χ0v) is 14.1. The van der Waals surface area contributed by atoms with E-state index in [0.29, 0.717) is 13.1 Å². The fourth-order valence-electron chi connectivity index (χ4n) is 2.14. The molecular formula is C16H22N4OS. The molecule has 22 heavy (non-hydrogen) atoms. The molecule has 0 spiro atoms. The second kappa shape index (κ2) is 7.89. The van der Waals surface area contributed by atoms with Crippen LogP contribution < -0.4 is 5.32 Å². The van der Waals surface area contributed by atoms with Crippen molar-refractivity contribution in [3.8, 4) is 0 Å². The summed E-state index contributed by atoms with van der Waals surface area (Å²) in [4.78, 5) is 22.3. The van der Waals surface area contributed by atoms with Crippen LogP contribution >= 0.6 is 11.3 Å². The number of aromatic nitrogens is 2. The molecule has 2 amide bonds. The second-order valence-corrected chi connectivity index (χ2v) is 6.37. The number of urea groups is 1. The minimum absolute atomic E-state index is 0.0523. The molecule has 2 aromatic heterocycles. The zero-order valence-electron chi connectivity index (χ0n) is 13.2. The Bertz CT molecular complexity index is 583. The van der Waals surface area contributed by atoms with E-state index in [2.05, 4.69) is 22.2 Å². The number of rotatable bonds is 6. The zero-order chi connectivity index (χ0) is 15.9. The van der Waals surface area contributed by atoms with Crippen molar-refractivity contribution in [2.45, 2.75) is 26.2 Å². The molecule has 0 unspecified atom stereocenters. The van der Waals surface area contributed by atoms with Gasteiger partial charge < -0.3 is 10.2 Å². The van der Waals surface area contributed by atoms with Gasteiger partial charge in [-0.2, -0.15) is 0 Å². The predicted octanol–water partition coefficient (Wildman–Crippen LogP) is 2.83. The largest absolute Gasteiger partial charge is 0.338 e. The monoisotopic (exact) mass is 318 g/mol. The van der Waals surface area contributed by atoms with Crippen molar-refractivity contribution in [1.29, 1.82) is 0 Å². The molecule has 0 saturated carbocycles. The van der Waals surface area contributed by atoms with E-state index >= 15 is 0 Å². The lowest BCUT2D eigenvalue weighted by molar-refractivity contribution is 0.206. The van der Waals surface area contributed by atoms with Gasteiger partial charge in [0, 0.05) is 49.5 Å². The lowest BCUT2D eigenvalue weighted by Crippen LogP contribution is -2.39. The highest BCUT2D eigenvalue weighted by atomic mass is 32.1. The number of carbonyl (C=O) groups excluding carboxylic acids is 1. The Morgan fingerprint density at radius 1 is 1.41 bits per heavy atom. The highest BCUT2D eigenvalue weighted by Gasteiger charge is 2.15. The predicted molar refractivity (Wildman–Crippen MR) is 89.2 cm³/mol. The van der Waals surface area contributed by atoms with Gasteiger partial charge in [0.2, 0.25) is 0 Å². The van der Waals surface area contributed by atoms with E-state index in [0.717, 1.165) is 22.7 Å². The van der Waals surface area contributed by atoms with Crippen molar-refractivity contribution < 1.29 is 4.79 Å². The summed E-state index contributed by atoms with van der Waals surface area (Å²) in [5.74, 6) is 0.247. The Labute approximate surface area is 135 Å². The molecule has 0 fully saturated rings. The van der Waals surface area contributed by atoms with Crippen molar-refractivity contribution in [3.05, 3.63) is 46.2 Å². The summed E-state index contributed by atoms with van der Waals surface area (Å²) in [6, 6.07) is 3.98. The fraction of sp³-hybridized carbons (Fsp3) is 0.438. The number of amides is 2. The quantitative estimate of drug-likeness (QED) is 0.891. The van der Waals surface area contributed by atoms with Crippen molar-refractivity contribution in [3.63, 3.8) is 0 Å². The summed E-state index contributed by atoms with van der Waals surface area (Å²) in [5.41, 5.74) is 2.13. The number of pyridine rings is 1. The first-order chi connectivity index (χ1) is 10.6. The number of carbonyl (C=O) groups is 1. The lowest BCUT2D eigenvalue weighted by atomic mass is 10.2. The Kier molecular flexibility index (Phi) is 5.89. The normalized spacial score (nSPS) is 12.0. The van der Waals surface area contributed by atoms with Gasteiger partial charge in [0.05, 0.1) is 5.01 Å². The molecular weight excluding hydrogens is 296 g/mol. The maximum absolute atomic E-state index is 12.1. The van der Waals surface area contributed by atoms with Gasteiger partial charge in [-0.05, 0) is 25.0 Å². The smallest absolute Gasteiger partial charge is 0.317 e. The minimum Gasteiger partial charge on any atom is -0.338 e. The van der Waals surface area contributed by atoms with Crippen molar-refractivity contribution in [2.24, 2.45) is 0 Å². The number of hydrogen-bond acceptors (Lipinski definition) is 4. The van der Waals surface area contributed by atoms with Crippen molar-refractivity contribution in [2.75, 3.05) is 20.1 Å². The summed E-state index contributed by atoms with van der Waals surface area (Å²) >= 11 is 1.62. The Morgan fingerprint density at radius 2 is 2.23 bits per heavy atom. The molecule has 2 heterocycles. The molecule has 1 N–H and O–H groups in total. The molecule has 0 radical (unpaired) electrons. The van der Waals surface area contributed by atoms with E-state index < -0.39 is 0 Å². The summed E-state index contributed by atoms with van der Waals surface area (Å²) in [5, 5.41) is 5.96. The number of nitrogens with zero attached hydrogens (tertiary/aromatic N) is 3. The van der Waals surface area contributed by atoms with Crippen LogP contribution in [-0.4, -0.2) is 41.0 Å². The number of thiazole rings is 1. The SMILES string of the molecule is Cc1ccc(CCNC(=O)N(C)C[C@H](C)c2nccs2)cn1. The van der Waals surface area contributed by atoms with E-state index in [1.165, 1.54) is 0 Å². The molecule has 1 atom stereocenters. The van der Waals surface area contributed by atoms with Crippen LogP contribution in [0.5, 0.6) is 0 Å². The van der Waals surface area contributed by atoms with Gasteiger partial charge >= 0.3 is 6.03 Å². The average Bonchev–Trinajstić information content (AvgIpc) is 3.03. The fourth-order valence-corrected chi connectivity index (χ4v) is 2.83. The van der Waals surface area contributed by atoms with E-state index in [-0.39, 0.29) is 11.9 Å². The van der Waals surface area contributed by atoms with E-state index in [4.69, 9.17) is 0 Å². The molecule has 2 aromatic rings. The van der Waals surface area contributed by atoms with E-state index in [1.54, 1.807) is 22.4 Å². The summed E-state index contributed by atoms with van der Waals surface area (Å²) in [6.07, 6.45) is 4.44. The van der Waals surface area contributed by atoms with Gasteiger partial charge in [-0.3, -0.25) is 4.98 Å². The number of nitrogens with one attached hydrogen (secondary N) is 1. The molecule has 6 heteroatoms. The molecule has 0 aliphatic carbocycles. The molecule has 0 aliphatic rings.